The van der Waals surface area contributed by atoms with Crippen LogP contribution in [0.5, 0.6) is 0 Å². The molecule has 138 valence electrons. The van der Waals surface area contributed by atoms with E-state index in [0.29, 0.717) is 19.6 Å². The van der Waals surface area contributed by atoms with Crippen LogP contribution in [0.2, 0.25) is 0 Å². The Kier molecular flexibility index (Phi) is 5.57. The second kappa shape index (κ2) is 7.50. The van der Waals surface area contributed by atoms with Crippen LogP contribution < -0.4 is 5.32 Å². The summed E-state index contributed by atoms with van der Waals surface area (Å²) in [4.78, 5) is 8.45. The minimum Gasteiger partial charge on any atom is -0.352 e. The summed E-state index contributed by atoms with van der Waals surface area (Å²) in [5.41, 5.74) is 0. The third-order valence-corrected chi connectivity index (χ3v) is 5.59. The standard InChI is InChI=1S/C17H29F3N4/c1-2-21-16(24-9-13-5-3-4-6-14(13)10-24)22-15-7-8-23(11-15)12-17(18,19)20/h13-15H,2-12H2,1H3,(H,21,22). The van der Waals surface area contributed by atoms with Crippen molar-refractivity contribution in [3.8, 4) is 0 Å². The van der Waals surface area contributed by atoms with Crippen LogP contribution in [-0.4, -0.2) is 67.2 Å². The number of aliphatic imine (C=N–C) groups is 1. The average Bonchev–Trinajstić information content (AvgIpc) is 3.11. The number of nitrogens with one attached hydrogen (secondary N) is 1. The van der Waals surface area contributed by atoms with E-state index in [1.54, 1.807) is 0 Å². The van der Waals surface area contributed by atoms with E-state index in [9.17, 15) is 13.2 Å². The Balaban J connectivity index is 1.55. The number of guanidine groups is 1. The van der Waals surface area contributed by atoms with Gasteiger partial charge in [0, 0.05) is 38.8 Å². The summed E-state index contributed by atoms with van der Waals surface area (Å²) in [5.74, 6) is 2.45. The van der Waals surface area contributed by atoms with Crippen molar-refractivity contribution in [2.75, 3.05) is 39.3 Å². The predicted molar refractivity (Wildman–Crippen MR) is 89.0 cm³/mol. The molecule has 0 radical (unpaired) electrons. The maximum absolute atomic E-state index is 12.5. The second-order valence-corrected chi connectivity index (χ2v) is 7.49. The molecule has 0 spiro atoms. The van der Waals surface area contributed by atoms with Gasteiger partial charge in [0.05, 0.1) is 6.54 Å². The van der Waals surface area contributed by atoms with Gasteiger partial charge in [0.1, 0.15) is 0 Å². The van der Waals surface area contributed by atoms with Gasteiger partial charge in [-0.1, -0.05) is 12.8 Å². The van der Waals surface area contributed by atoms with Crippen molar-refractivity contribution in [2.24, 2.45) is 16.8 Å². The molecule has 3 atom stereocenters. The van der Waals surface area contributed by atoms with Crippen LogP contribution in [-0.2, 0) is 0 Å². The fourth-order valence-corrected chi connectivity index (χ4v) is 4.50. The van der Waals surface area contributed by atoms with E-state index in [1.165, 1.54) is 30.6 Å². The zero-order valence-corrected chi connectivity index (χ0v) is 14.5. The molecule has 3 rings (SSSR count). The molecule has 0 aromatic heterocycles. The molecule has 1 aliphatic carbocycles. The van der Waals surface area contributed by atoms with Gasteiger partial charge >= 0.3 is 6.18 Å². The second-order valence-electron chi connectivity index (χ2n) is 7.49. The largest absolute Gasteiger partial charge is 0.401 e. The number of likely N-dealkylation sites (tertiary alicyclic amines) is 2. The normalized spacial score (nSPS) is 32.2. The van der Waals surface area contributed by atoms with E-state index in [4.69, 9.17) is 0 Å². The number of nitrogens with zero attached hydrogens (tertiary/aromatic N) is 3. The molecule has 0 aromatic rings. The van der Waals surface area contributed by atoms with Crippen LogP contribution in [0.3, 0.4) is 0 Å². The Bertz CT molecular complexity index is 438. The zero-order valence-electron chi connectivity index (χ0n) is 14.5. The van der Waals surface area contributed by atoms with Crippen molar-refractivity contribution < 1.29 is 13.2 Å². The fraction of sp³-hybridized carbons (Fsp3) is 0.941. The van der Waals surface area contributed by atoms with Crippen LogP contribution in [0.1, 0.15) is 39.0 Å². The van der Waals surface area contributed by atoms with E-state index in [2.05, 4.69) is 15.2 Å². The lowest BCUT2D eigenvalue weighted by molar-refractivity contribution is -0.143. The molecule has 4 nitrogen and oxygen atoms in total. The molecular formula is C17H29F3N4. The number of alkyl halides is 3. The van der Waals surface area contributed by atoms with Crippen molar-refractivity contribution in [1.82, 2.24) is 15.1 Å². The average molecular weight is 346 g/mol. The molecule has 0 bridgehead atoms. The Morgan fingerprint density at radius 1 is 1.08 bits per heavy atom. The van der Waals surface area contributed by atoms with Crippen LogP contribution >= 0.6 is 0 Å². The van der Waals surface area contributed by atoms with Crippen LogP contribution in [0.25, 0.3) is 0 Å². The van der Waals surface area contributed by atoms with Crippen LogP contribution in [0.15, 0.2) is 4.99 Å². The molecule has 2 heterocycles. The number of hydrogen-bond donors (Lipinski definition) is 1. The highest BCUT2D eigenvalue weighted by molar-refractivity contribution is 5.80. The van der Waals surface area contributed by atoms with Crippen molar-refractivity contribution >= 4 is 5.96 Å². The summed E-state index contributed by atoms with van der Waals surface area (Å²) in [7, 11) is 0. The molecule has 2 aliphatic heterocycles. The Labute approximate surface area is 142 Å². The molecular weight excluding hydrogens is 317 g/mol. The Morgan fingerprint density at radius 3 is 2.33 bits per heavy atom. The van der Waals surface area contributed by atoms with Crippen molar-refractivity contribution in [3.63, 3.8) is 0 Å². The number of halogens is 3. The number of rotatable bonds is 3. The van der Waals surface area contributed by atoms with Crippen molar-refractivity contribution in [2.45, 2.75) is 51.2 Å². The highest BCUT2D eigenvalue weighted by Gasteiger charge is 2.38. The third-order valence-electron chi connectivity index (χ3n) is 5.59. The van der Waals surface area contributed by atoms with Gasteiger partial charge in [-0.2, -0.15) is 13.2 Å². The molecule has 1 saturated carbocycles. The summed E-state index contributed by atoms with van der Waals surface area (Å²) in [6.07, 6.45) is 1.92. The summed E-state index contributed by atoms with van der Waals surface area (Å²) < 4.78 is 37.6. The molecule has 3 unspecified atom stereocenters. The summed E-state index contributed by atoms with van der Waals surface area (Å²) >= 11 is 0. The lowest BCUT2D eigenvalue weighted by Crippen LogP contribution is -2.46. The smallest absolute Gasteiger partial charge is 0.352 e. The first-order valence-corrected chi connectivity index (χ1v) is 9.29. The van der Waals surface area contributed by atoms with E-state index in [0.717, 1.165) is 37.3 Å². The van der Waals surface area contributed by atoms with E-state index in [-0.39, 0.29) is 6.04 Å². The maximum Gasteiger partial charge on any atom is 0.401 e. The van der Waals surface area contributed by atoms with Crippen LogP contribution in [0.4, 0.5) is 13.2 Å². The van der Waals surface area contributed by atoms with Crippen molar-refractivity contribution in [3.05, 3.63) is 0 Å². The zero-order chi connectivity index (χ0) is 17.2. The van der Waals surface area contributed by atoms with Gasteiger partial charge < -0.3 is 10.2 Å². The molecule has 0 aromatic carbocycles. The maximum atomic E-state index is 12.5. The quantitative estimate of drug-likeness (QED) is 0.630. The number of hydrogen-bond acceptors (Lipinski definition) is 2. The molecule has 7 heteroatoms. The van der Waals surface area contributed by atoms with E-state index in [1.807, 2.05) is 6.92 Å². The molecule has 0 amide bonds. The van der Waals surface area contributed by atoms with Crippen molar-refractivity contribution in [1.29, 1.82) is 0 Å². The Morgan fingerprint density at radius 2 is 1.75 bits per heavy atom. The first-order chi connectivity index (χ1) is 11.4. The third kappa shape index (κ3) is 4.55. The van der Waals surface area contributed by atoms with E-state index < -0.39 is 12.7 Å². The van der Waals surface area contributed by atoms with Crippen LogP contribution in [0, 0.1) is 11.8 Å². The summed E-state index contributed by atoms with van der Waals surface area (Å²) in [6, 6.07) is 0.0697. The van der Waals surface area contributed by atoms with Gasteiger partial charge in [0.2, 0.25) is 0 Å². The van der Waals surface area contributed by atoms with Gasteiger partial charge in [-0.25, -0.2) is 0 Å². The molecule has 24 heavy (non-hydrogen) atoms. The topological polar surface area (TPSA) is 30.9 Å². The van der Waals surface area contributed by atoms with Gasteiger partial charge in [0.15, 0.2) is 5.96 Å². The molecule has 1 N–H and O–H groups in total. The number of fused-ring (bicyclic) bond motifs is 1. The summed E-state index contributed by atoms with van der Waals surface area (Å²) in [6.45, 7) is 4.96. The SMILES string of the molecule is CCN=C(NC1CCN(CC(F)(F)F)C1)N1CC2CCCCC2C1. The monoisotopic (exact) mass is 346 g/mol. The Hall–Kier alpha value is -0.980. The molecule has 2 saturated heterocycles. The molecule has 3 aliphatic rings. The molecule has 3 fully saturated rings. The van der Waals surface area contributed by atoms with Gasteiger partial charge in [-0.3, -0.25) is 9.89 Å². The lowest BCUT2D eigenvalue weighted by atomic mass is 9.82. The fourth-order valence-electron chi connectivity index (χ4n) is 4.50. The summed E-state index contributed by atoms with van der Waals surface area (Å²) in [5, 5.41) is 3.45. The van der Waals surface area contributed by atoms with E-state index >= 15 is 0 Å². The van der Waals surface area contributed by atoms with Gasteiger partial charge in [-0.15, -0.1) is 0 Å². The first kappa shape index (κ1) is 17.8. The minimum atomic E-state index is -4.11. The van der Waals surface area contributed by atoms with Gasteiger partial charge in [0.25, 0.3) is 0 Å². The lowest BCUT2D eigenvalue weighted by Gasteiger charge is -2.25. The predicted octanol–water partition coefficient (Wildman–Crippen LogP) is 2.71. The first-order valence-electron chi connectivity index (χ1n) is 9.29. The van der Waals surface area contributed by atoms with Gasteiger partial charge in [-0.05, 0) is 38.0 Å². The minimum absolute atomic E-state index is 0.0697. The highest BCUT2D eigenvalue weighted by Crippen LogP contribution is 2.36. The highest BCUT2D eigenvalue weighted by atomic mass is 19.4.